The highest BCUT2D eigenvalue weighted by atomic mass is 79.9. The minimum atomic E-state index is -0.722. The van der Waals surface area contributed by atoms with Gasteiger partial charge in [0.1, 0.15) is 0 Å². The molecule has 2 aromatic rings. The standard InChI is InChI=1S/C15H12BrClFNO/c16-12-7-6-10(14(18)13(12)17)15(20)11(8-19)9-4-2-1-3-5-9/h1-7,11H,8,19H2. The van der Waals surface area contributed by atoms with E-state index in [9.17, 15) is 9.18 Å². The lowest BCUT2D eigenvalue weighted by molar-refractivity contribution is 0.0958. The van der Waals surface area contributed by atoms with Crippen LogP contribution in [0.5, 0.6) is 0 Å². The first kappa shape index (κ1) is 15.2. The van der Waals surface area contributed by atoms with Crippen LogP contribution in [0.1, 0.15) is 21.8 Å². The van der Waals surface area contributed by atoms with Crippen molar-refractivity contribution in [3.63, 3.8) is 0 Å². The van der Waals surface area contributed by atoms with Gasteiger partial charge in [-0.25, -0.2) is 4.39 Å². The summed E-state index contributed by atoms with van der Waals surface area (Å²) < 4.78 is 14.5. The maximum atomic E-state index is 14.1. The fourth-order valence-corrected chi connectivity index (χ4v) is 2.45. The van der Waals surface area contributed by atoms with Crippen molar-refractivity contribution in [2.75, 3.05) is 6.54 Å². The van der Waals surface area contributed by atoms with Gasteiger partial charge in [-0.05, 0) is 33.6 Å². The Hall–Kier alpha value is -1.23. The molecule has 0 bridgehead atoms. The first-order valence-electron chi connectivity index (χ1n) is 5.99. The highest BCUT2D eigenvalue weighted by Crippen LogP contribution is 2.30. The number of Topliss-reactive ketones (excluding diaryl/α,β-unsaturated/α-hetero) is 1. The zero-order valence-electron chi connectivity index (χ0n) is 10.4. The monoisotopic (exact) mass is 355 g/mol. The van der Waals surface area contributed by atoms with Crippen LogP contribution in [0.3, 0.4) is 0 Å². The van der Waals surface area contributed by atoms with Crippen molar-refractivity contribution in [2.24, 2.45) is 5.73 Å². The van der Waals surface area contributed by atoms with Gasteiger partial charge >= 0.3 is 0 Å². The molecule has 1 atom stereocenters. The number of nitrogens with two attached hydrogens (primary N) is 1. The average molecular weight is 357 g/mol. The Bertz CT molecular complexity index is 633. The molecule has 0 aliphatic heterocycles. The predicted octanol–water partition coefficient (Wildman–Crippen LogP) is 4.17. The van der Waals surface area contributed by atoms with E-state index in [-0.39, 0.29) is 22.9 Å². The predicted molar refractivity (Wildman–Crippen MR) is 81.7 cm³/mol. The van der Waals surface area contributed by atoms with Crippen LogP contribution in [-0.2, 0) is 0 Å². The van der Waals surface area contributed by atoms with Gasteiger partial charge in [0.25, 0.3) is 0 Å². The summed E-state index contributed by atoms with van der Waals surface area (Å²) in [5.74, 6) is -1.67. The van der Waals surface area contributed by atoms with Gasteiger partial charge in [0.15, 0.2) is 11.6 Å². The number of carbonyl (C=O) groups is 1. The molecule has 0 aliphatic rings. The Morgan fingerprint density at radius 2 is 1.90 bits per heavy atom. The molecule has 104 valence electrons. The third-order valence-electron chi connectivity index (χ3n) is 3.05. The highest BCUT2D eigenvalue weighted by molar-refractivity contribution is 9.10. The molecule has 2 rings (SSSR count). The fraction of sp³-hybridized carbons (Fsp3) is 0.133. The van der Waals surface area contributed by atoms with Gasteiger partial charge < -0.3 is 5.73 Å². The number of carbonyl (C=O) groups excluding carboxylic acids is 1. The number of halogens is 3. The smallest absolute Gasteiger partial charge is 0.174 e. The van der Waals surface area contributed by atoms with Crippen LogP contribution in [0.4, 0.5) is 4.39 Å². The molecule has 0 radical (unpaired) electrons. The quantitative estimate of drug-likeness (QED) is 0.660. The molecule has 2 aromatic carbocycles. The van der Waals surface area contributed by atoms with E-state index in [1.54, 1.807) is 18.2 Å². The average Bonchev–Trinajstić information content (AvgIpc) is 2.47. The number of rotatable bonds is 4. The first-order chi connectivity index (χ1) is 9.56. The lowest BCUT2D eigenvalue weighted by atomic mass is 9.90. The maximum absolute atomic E-state index is 14.1. The Balaban J connectivity index is 2.42. The molecular weight excluding hydrogens is 345 g/mol. The van der Waals surface area contributed by atoms with E-state index in [1.807, 2.05) is 18.2 Å². The molecule has 0 aromatic heterocycles. The van der Waals surface area contributed by atoms with Gasteiger partial charge in [-0.1, -0.05) is 41.9 Å². The minimum absolute atomic E-state index is 0.0440. The summed E-state index contributed by atoms with van der Waals surface area (Å²) >= 11 is 8.94. The number of hydrogen-bond donors (Lipinski definition) is 1. The van der Waals surface area contributed by atoms with Crippen LogP contribution in [0, 0.1) is 5.82 Å². The van der Waals surface area contributed by atoms with Crippen LogP contribution >= 0.6 is 27.5 Å². The Morgan fingerprint density at radius 1 is 1.25 bits per heavy atom. The summed E-state index contributed by atoms with van der Waals surface area (Å²) in [6.07, 6.45) is 0. The van der Waals surface area contributed by atoms with Crippen molar-refractivity contribution in [3.05, 3.63) is 68.9 Å². The molecule has 0 saturated heterocycles. The molecular formula is C15H12BrClFNO. The third kappa shape index (κ3) is 2.92. The normalized spacial score (nSPS) is 12.2. The molecule has 2 N–H and O–H groups in total. The van der Waals surface area contributed by atoms with E-state index in [0.717, 1.165) is 5.56 Å². The van der Waals surface area contributed by atoms with Crippen LogP contribution in [-0.4, -0.2) is 12.3 Å². The second-order valence-electron chi connectivity index (χ2n) is 4.29. The van der Waals surface area contributed by atoms with Crippen molar-refractivity contribution in [1.82, 2.24) is 0 Å². The van der Waals surface area contributed by atoms with Crippen LogP contribution < -0.4 is 5.73 Å². The molecule has 0 spiro atoms. The van der Waals surface area contributed by atoms with Gasteiger partial charge in [0.05, 0.1) is 16.5 Å². The summed E-state index contributed by atoms with van der Waals surface area (Å²) in [6.45, 7) is 0.107. The Morgan fingerprint density at radius 3 is 2.50 bits per heavy atom. The molecule has 0 aliphatic carbocycles. The molecule has 2 nitrogen and oxygen atoms in total. The van der Waals surface area contributed by atoms with Crippen molar-refractivity contribution >= 4 is 33.3 Å². The van der Waals surface area contributed by atoms with E-state index in [0.29, 0.717) is 4.47 Å². The number of ketones is 1. The topological polar surface area (TPSA) is 43.1 Å². The Kier molecular flexibility index (Phi) is 4.91. The lowest BCUT2D eigenvalue weighted by Crippen LogP contribution is -2.22. The van der Waals surface area contributed by atoms with Crippen molar-refractivity contribution < 1.29 is 9.18 Å². The molecule has 5 heteroatoms. The molecule has 1 unspecified atom stereocenters. The summed E-state index contributed by atoms with van der Waals surface area (Å²) in [6, 6.07) is 12.0. The summed E-state index contributed by atoms with van der Waals surface area (Å²) in [5, 5.41) is -0.0975. The van der Waals surface area contributed by atoms with Gasteiger partial charge in [-0.3, -0.25) is 4.79 Å². The molecule has 0 fully saturated rings. The van der Waals surface area contributed by atoms with E-state index >= 15 is 0 Å². The van der Waals surface area contributed by atoms with E-state index in [1.165, 1.54) is 6.07 Å². The van der Waals surface area contributed by atoms with Crippen molar-refractivity contribution in [1.29, 1.82) is 0 Å². The largest absolute Gasteiger partial charge is 0.329 e. The maximum Gasteiger partial charge on any atom is 0.174 e. The molecule has 0 saturated carbocycles. The van der Waals surface area contributed by atoms with E-state index < -0.39 is 11.7 Å². The summed E-state index contributed by atoms with van der Waals surface area (Å²) in [5.41, 5.74) is 6.39. The lowest BCUT2D eigenvalue weighted by Gasteiger charge is -2.15. The molecule has 20 heavy (non-hydrogen) atoms. The van der Waals surface area contributed by atoms with Crippen LogP contribution in [0.25, 0.3) is 0 Å². The van der Waals surface area contributed by atoms with Crippen LogP contribution in [0.15, 0.2) is 46.9 Å². The Labute approximate surface area is 129 Å². The zero-order chi connectivity index (χ0) is 14.7. The van der Waals surface area contributed by atoms with E-state index in [4.69, 9.17) is 17.3 Å². The van der Waals surface area contributed by atoms with Gasteiger partial charge in [0, 0.05) is 11.0 Å². The summed E-state index contributed by atoms with van der Waals surface area (Å²) in [7, 11) is 0. The van der Waals surface area contributed by atoms with Crippen molar-refractivity contribution in [2.45, 2.75) is 5.92 Å². The highest BCUT2D eigenvalue weighted by Gasteiger charge is 2.24. The first-order valence-corrected chi connectivity index (χ1v) is 7.16. The minimum Gasteiger partial charge on any atom is -0.329 e. The van der Waals surface area contributed by atoms with Crippen molar-refractivity contribution in [3.8, 4) is 0 Å². The SMILES string of the molecule is NCC(C(=O)c1ccc(Br)c(Cl)c1F)c1ccccc1. The second-order valence-corrected chi connectivity index (χ2v) is 5.52. The van der Waals surface area contributed by atoms with Gasteiger partial charge in [-0.15, -0.1) is 0 Å². The van der Waals surface area contributed by atoms with Crippen LogP contribution in [0.2, 0.25) is 5.02 Å². The van der Waals surface area contributed by atoms with Gasteiger partial charge in [-0.2, -0.15) is 0 Å². The molecule has 0 amide bonds. The second kappa shape index (κ2) is 6.48. The number of hydrogen-bond acceptors (Lipinski definition) is 2. The third-order valence-corrected chi connectivity index (χ3v) is 4.31. The fourth-order valence-electron chi connectivity index (χ4n) is 1.98. The summed E-state index contributed by atoms with van der Waals surface area (Å²) in [4.78, 5) is 12.5. The van der Waals surface area contributed by atoms with Gasteiger partial charge in [0.2, 0.25) is 0 Å². The van der Waals surface area contributed by atoms with E-state index in [2.05, 4.69) is 15.9 Å². The zero-order valence-corrected chi connectivity index (χ0v) is 12.8. The number of benzene rings is 2. The molecule has 0 heterocycles.